The Hall–Kier alpha value is -4.31. The molecule has 4 aromatic rings. The van der Waals surface area contributed by atoms with Gasteiger partial charge in [-0.15, -0.1) is 0 Å². The van der Waals surface area contributed by atoms with E-state index in [1.54, 1.807) is 12.1 Å². The maximum atomic E-state index is 13.0. The third-order valence-electron chi connectivity index (χ3n) is 6.95. The van der Waals surface area contributed by atoms with Crippen LogP contribution in [-0.4, -0.2) is 34.2 Å². The lowest BCUT2D eigenvalue weighted by Crippen LogP contribution is -2.17. The topological polar surface area (TPSA) is 80.3 Å². The van der Waals surface area contributed by atoms with Crippen LogP contribution in [0.15, 0.2) is 48.8 Å². The monoisotopic (exact) mass is 450 g/mol. The number of benzene rings is 2. The first-order valence-electron chi connectivity index (χ1n) is 11.3. The predicted molar refractivity (Wildman–Crippen MR) is 130 cm³/mol. The molecule has 168 valence electrons. The van der Waals surface area contributed by atoms with Gasteiger partial charge in [-0.2, -0.15) is 5.26 Å². The van der Waals surface area contributed by atoms with Crippen molar-refractivity contribution in [2.75, 3.05) is 18.0 Å². The van der Waals surface area contributed by atoms with E-state index in [2.05, 4.69) is 23.1 Å². The number of nitrogens with zero attached hydrogens (tertiary/aromatic N) is 4. The van der Waals surface area contributed by atoms with Gasteiger partial charge < -0.3 is 18.8 Å². The summed E-state index contributed by atoms with van der Waals surface area (Å²) in [7, 11) is 3.80. The largest absolute Gasteiger partial charge is 0.386 e. The standard InChI is InChI=1S/C27H22N4O3/c1-29-14-20(18-7-5-16(13-28)11-22(18)29)24-25(27(33)34-26(24)32)21-15-30(2)23-12-17(6-8-19(21)23)31-9-3-4-10-31/h5-8,11-12,14-15H,3-4,9-10H2,1-2H3. The number of hydrogen-bond donors (Lipinski definition) is 0. The van der Waals surface area contributed by atoms with Crippen molar-refractivity contribution in [1.82, 2.24) is 9.13 Å². The minimum atomic E-state index is -0.650. The average Bonchev–Trinajstić information content (AvgIpc) is 3.60. The number of hydrogen-bond acceptors (Lipinski definition) is 5. The van der Waals surface area contributed by atoms with Crippen LogP contribution in [0.4, 0.5) is 5.69 Å². The normalized spacial score (nSPS) is 16.2. The number of ether oxygens (including phenoxy) is 1. The van der Waals surface area contributed by atoms with Crippen LogP contribution in [-0.2, 0) is 28.4 Å². The fourth-order valence-electron chi connectivity index (χ4n) is 5.28. The first-order valence-corrected chi connectivity index (χ1v) is 11.3. The highest BCUT2D eigenvalue weighted by Gasteiger charge is 2.37. The zero-order valence-corrected chi connectivity index (χ0v) is 19.0. The Morgan fingerprint density at radius 2 is 1.38 bits per heavy atom. The molecule has 2 aromatic heterocycles. The Balaban J connectivity index is 1.58. The molecule has 0 aliphatic carbocycles. The highest BCUT2D eigenvalue weighted by molar-refractivity contribution is 6.46. The van der Waals surface area contributed by atoms with E-state index in [0.29, 0.717) is 16.7 Å². The van der Waals surface area contributed by atoms with Crippen molar-refractivity contribution in [3.8, 4) is 6.07 Å². The maximum absolute atomic E-state index is 13.0. The van der Waals surface area contributed by atoms with Gasteiger partial charge in [-0.25, -0.2) is 9.59 Å². The van der Waals surface area contributed by atoms with Gasteiger partial charge in [0, 0.05) is 72.7 Å². The Morgan fingerprint density at radius 1 is 0.824 bits per heavy atom. The molecule has 1 fully saturated rings. The highest BCUT2D eigenvalue weighted by atomic mass is 16.6. The number of nitriles is 1. The lowest BCUT2D eigenvalue weighted by Gasteiger charge is -2.17. The zero-order chi connectivity index (χ0) is 23.6. The molecule has 0 radical (unpaired) electrons. The molecule has 0 amide bonds. The van der Waals surface area contributed by atoms with Gasteiger partial charge in [0.25, 0.3) is 0 Å². The number of carbonyl (C=O) groups excluding carboxylic acids is 2. The molecule has 0 saturated carbocycles. The third kappa shape index (κ3) is 2.88. The second-order valence-electron chi connectivity index (χ2n) is 8.97. The van der Waals surface area contributed by atoms with Crippen molar-refractivity contribution >= 4 is 50.6 Å². The zero-order valence-electron chi connectivity index (χ0n) is 19.0. The minimum absolute atomic E-state index is 0.261. The number of aromatic nitrogens is 2. The molecule has 2 aliphatic heterocycles. The Bertz CT molecular complexity index is 1610. The number of fused-ring (bicyclic) bond motifs is 2. The van der Waals surface area contributed by atoms with E-state index < -0.39 is 11.9 Å². The van der Waals surface area contributed by atoms with Crippen LogP contribution in [0.5, 0.6) is 0 Å². The van der Waals surface area contributed by atoms with Gasteiger partial charge in [0.2, 0.25) is 0 Å². The first kappa shape index (κ1) is 20.3. The molecule has 6 rings (SSSR count). The summed E-state index contributed by atoms with van der Waals surface area (Å²) in [6.45, 7) is 2.10. The molecular formula is C27H22N4O3. The van der Waals surface area contributed by atoms with Gasteiger partial charge in [0.15, 0.2) is 0 Å². The number of anilines is 1. The fraction of sp³-hybridized carbons (Fsp3) is 0.222. The van der Waals surface area contributed by atoms with Crippen LogP contribution in [0.3, 0.4) is 0 Å². The van der Waals surface area contributed by atoms with Gasteiger partial charge in [-0.3, -0.25) is 0 Å². The van der Waals surface area contributed by atoms with Crippen molar-refractivity contribution in [3.63, 3.8) is 0 Å². The molecule has 0 atom stereocenters. The van der Waals surface area contributed by atoms with Crippen molar-refractivity contribution in [2.24, 2.45) is 14.1 Å². The van der Waals surface area contributed by atoms with E-state index in [0.717, 1.165) is 34.9 Å². The average molecular weight is 450 g/mol. The van der Waals surface area contributed by atoms with Crippen LogP contribution in [0.25, 0.3) is 33.0 Å². The van der Waals surface area contributed by atoms with Gasteiger partial charge >= 0.3 is 11.9 Å². The molecule has 2 aromatic carbocycles. The first-order chi connectivity index (χ1) is 16.5. The molecule has 2 aliphatic rings. The van der Waals surface area contributed by atoms with Crippen molar-refractivity contribution in [1.29, 1.82) is 5.26 Å². The molecule has 7 nitrogen and oxygen atoms in total. The number of cyclic esters (lactones) is 2. The summed E-state index contributed by atoms with van der Waals surface area (Å²) in [5.41, 5.74) is 5.34. The van der Waals surface area contributed by atoms with E-state index in [1.165, 1.54) is 18.5 Å². The molecule has 7 heteroatoms. The van der Waals surface area contributed by atoms with Crippen LogP contribution >= 0.6 is 0 Å². The van der Waals surface area contributed by atoms with E-state index in [1.807, 2.05) is 47.8 Å². The second kappa shape index (κ2) is 7.35. The minimum Gasteiger partial charge on any atom is -0.386 e. The lowest BCUT2D eigenvalue weighted by molar-refractivity contribution is -0.149. The van der Waals surface area contributed by atoms with Crippen molar-refractivity contribution < 1.29 is 14.3 Å². The summed E-state index contributed by atoms with van der Waals surface area (Å²) in [6.07, 6.45) is 6.10. The summed E-state index contributed by atoms with van der Waals surface area (Å²) in [5.74, 6) is -1.29. The lowest BCUT2D eigenvalue weighted by atomic mass is 9.95. The Labute approximate surface area is 196 Å². The molecule has 4 heterocycles. The second-order valence-corrected chi connectivity index (χ2v) is 8.97. The number of rotatable bonds is 3. The van der Waals surface area contributed by atoms with Gasteiger partial charge in [-0.05, 0) is 37.1 Å². The quantitative estimate of drug-likeness (QED) is 0.346. The Morgan fingerprint density at radius 3 is 1.97 bits per heavy atom. The van der Waals surface area contributed by atoms with Crippen LogP contribution in [0, 0.1) is 11.3 Å². The fourth-order valence-corrected chi connectivity index (χ4v) is 5.28. The van der Waals surface area contributed by atoms with E-state index in [-0.39, 0.29) is 11.1 Å². The van der Waals surface area contributed by atoms with Gasteiger partial charge in [0.05, 0.1) is 28.3 Å². The molecule has 0 bridgehead atoms. The molecule has 34 heavy (non-hydrogen) atoms. The summed E-state index contributed by atoms with van der Waals surface area (Å²) < 4.78 is 8.98. The summed E-state index contributed by atoms with van der Waals surface area (Å²) in [4.78, 5) is 28.3. The smallest absolute Gasteiger partial charge is 0.347 e. The van der Waals surface area contributed by atoms with Gasteiger partial charge in [0.1, 0.15) is 0 Å². The number of carbonyl (C=O) groups is 2. The number of esters is 2. The molecule has 0 unspecified atom stereocenters. The number of aryl methyl sites for hydroxylation is 2. The summed E-state index contributed by atoms with van der Waals surface area (Å²) in [6, 6.07) is 13.7. The predicted octanol–water partition coefficient (Wildman–Crippen LogP) is 4.14. The molecule has 0 spiro atoms. The van der Waals surface area contributed by atoms with Crippen LogP contribution in [0.1, 0.15) is 29.5 Å². The van der Waals surface area contributed by atoms with Crippen molar-refractivity contribution in [2.45, 2.75) is 12.8 Å². The van der Waals surface area contributed by atoms with Crippen LogP contribution < -0.4 is 4.90 Å². The Kier molecular flexibility index (Phi) is 4.39. The molecule has 1 saturated heterocycles. The third-order valence-corrected chi connectivity index (χ3v) is 6.95. The van der Waals surface area contributed by atoms with Crippen LogP contribution in [0.2, 0.25) is 0 Å². The maximum Gasteiger partial charge on any atom is 0.347 e. The van der Waals surface area contributed by atoms with E-state index >= 15 is 0 Å². The SMILES string of the molecule is Cn1cc(C2=C(c3cn(C)c4cc(N5CCCC5)ccc34)C(=O)OC2=O)c2ccc(C#N)cc21. The summed E-state index contributed by atoms with van der Waals surface area (Å²) >= 11 is 0. The summed E-state index contributed by atoms with van der Waals surface area (Å²) in [5, 5.41) is 11.0. The van der Waals surface area contributed by atoms with Crippen molar-refractivity contribution in [3.05, 3.63) is 65.5 Å². The highest BCUT2D eigenvalue weighted by Crippen LogP contribution is 2.41. The molecule has 0 N–H and O–H groups in total. The van der Waals surface area contributed by atoms with E-state index in [9.17, 15) is 14.9 Å². The van der Waals surface area contributed by atoms with E-state index in [4.69, 9.17) is 4.74 Å². The van der Waals surface area contributed by atoms with Gasteiger partial charge in [-0.1, -0.05) is 12.1 Å². The molecular weight excluding hydrogens is 428 g/mol.